The van der Waals surface area contributed by atoms with E-state index in [1.807, 2.05) is 0 Å². The zero-order valence-electron chi connectivity index (χ0n) is 7.01. The summed E-state index contributed by atoms with van der Waals surface area (Å²) in [5.74, 6) is 0.449. The van der Waals surface area contributed by atoms with Gasteiger partial charge in [-0.1, -0.05) is 5.57 Å². The molecule has 0 heterocycles. The smallest absolute Gasteiger partial charge is 0.0647 e. The molecule has 1 rings (SSSR count). The Morgan fingerprint density at radius 1 is 1.45 bits per heavy atom. The first kappa shape index (κ1) is 8.75. The maximum atomic E-state index is 8.99. The van der Waals surface area contributed by atoms with Gasteiger partial charge in [-0.2, -0.15) is 0 Å². The summed E-state index contributed by atoms with van der Waals surface area (Å²) in [4.78, 5) is 0. The molecule has 0 bridgehead atoms. The van der Waals surface area contributed by atoms with E-state index in [9.17, 15) is 0 Å². The summed E-state index contributed by atoms with van der Waals surface area (Å²) in [5, 5.41) is 17.7. The average molecular weight is 156 g/mol. The van der Waals surface area contributed by atoms with Gasteiger partial charge in [-0.15, -0.1) is 0 Å². The summed E-state index contributed by atoms with van der Waals surface area (Å²) in [7, 11) is 0. The van der Waals surface area contributed by atoms with Crippen LogP contribution in [-0.4, -0.2) is 23.4 Å². The first-order valence-electron chi connectivity index (χ1n) is 4.19. The molecule has 2 N–H and O–H groups in total. The molecule has 0 aromatic rings. The Labute approximate surface area is 67.6 Å². The minimum atomic E-state index is 0.177. The molecule has 0 radical (unpaired) electrons. The van der Waals surface area contributed by atoms with Crippen molar-refractivity contribution in [1.82, 2.24) is 0 Å². The van der Waals surface area contributed by atoms with Crippen molar-refractivity contribution < 1.29 is 10.2 Å². The van der Waals surface area contributed by atoms with Crippen molar-refractivity contribution in [3.8, 4) is 0 Å². The number of aliphatic hydroxyl groups is 2. The fourth-order valence-corrected chi connectivity index (χ4v) is 1.81. The lowest BCUT2D eigenvalue weighted by atomic mass is 9.98. The van der Waals surface area contributed by atoms with E-state index in [0.717, 1.165) is 19.3 Å². The zero-order chi connectivity index (χ0) is 8.27. The Hall–Kier alpha value is -0.340. The van der Waals surface area contributed by atoms with Crippen LogP contribution >= 0.6 is 0 Å². The summed E-state index contributed by atoms with van der Waals surface area (Å²) in [6.07, 6.45) is 3.02. The lowest BCUT2D eigenvalue weighted by Gasteiger charge is -2.10. The van der Waals surface area contributed by atoms with Crippen LogP contribution < -0.4 is 0 Å². The van der Waals surface area contributed by atoms with E-state index in [2.05, 4.69) is 6.92 Å². The van der Waals surface area contributed by atoms with Crippen LogP contribution in [0.15, 0.2) is 11.1 Å². The van der Waals surface area contributed by atoms with Crippen molar-refractivity contribution >= 4 is 0 Å². The van der Waals surface area contributed by atoms with Gasteiger partial charge in [0.2, 0.25) is 0 Å². The molecule has 64 valence electrons. The molecule has 0 aromatic heterocycles. The van der Waals surface area contributed by atoms with Gasteiger partial charge in [-0.3, -0.25) is 0 Å². The van der Waals surface area contributed by atoms with Crippen LogP contribution in [0.25, 0.3) is 0 Å². The number of rotatable bonds is 3. The third kappa shape index (κ3) is 1.82. The van der Waals surface area contributed by atoms with Crippen molar-refractivity contribution in [1.29, 1.82) is 0 Å². The van der Waals surface area contributed by atoms with Crippen LogP contribution in [0, 0.1) is 5.92 Å². The van der Waals surface area contributed by atoms with E-state index >= 15 is 0 Å². The highest BCUT2D eigenvalue weighted by molar-refractivity contribution is 5.21. The summed E-state index contributed by atoms with van der Waals surface area (Å²) in [6.45, 7) is 2.49. The van der Waals surface area contributed by atoms with Gasteiger partial charge < -0.3 is 10.2 Å². The molecule has 0 aromatic carbocycles. The molecule has 0 spiro atoms. The van der Waals surface area contributed by atoms with Crippen molar-refractivity contribution in [2.24, 2.45) is 5.92 Å². The fraction of sp³-hybridized carbons (Fsp3) is 0.778. The molecule has 0 aliphatic heterocycles. The number of hydrogen-bond acceptors (Lipinski definition) is 2. The summed E-state index contributed by atoms with van der Waals surface area (Å²) in [5.41, 5.74) is 2.49. The summed E-state index contributed by atoms with van der Waals surface area (Å²) in [6, 6.07) is 0. The molecular weight excluding hydrogens is 140 g/mol. The molecule has 2 nitrogen and oxygen atoms in total. The predicted octanol–water partition coefficient (Wildman–Crippen LogP) is 1.09. The molecular formula is C9H16O2. The van der Waals surface area contributed by atoms with E-state index in [0.29, 0.717) is 5.92 Å². The molecule has 11 heavy (non-hydrogen) atoms. The highest BCUT2D eigenvalue weighted by Crippen LogP contribution is 2.33. The second-order valence-corrected chi connectivity index (χ2v) is 3.21. The lowest BCUT2D eigenvalue weighted by molar-refractivity contribution is 0.254. The molecule has 1 aliphatic rings. The van der Waals surface area contributed by atoms with Crippen LogP contribution in [0.5, 0.6) is 0 Å². The minimum absolute atomic E-state index is 0.177. The summed E-state index contributed by atoms with van der Waals surface area (Å²) < 4.78 is 0. The SMILES string of the molecule is CC1=C(CO)[C@@H](CCO)CC1. The largest absolute Gasteiger partial charge is 0.396 e. The zero-order valence-corrected chi connectivity index (χ0v) is 7.01. The quantitative estimate of drug-likeness (QED) is 0.600. The maximum Gasteiger partial charge on any atom is 0.0647 e. The number of aliphatic hydroxyl groups excluding tert-OH is 2. The second kappa shape index (κ2) is 3.88. The third-order valence-electron chi connectivity index (χ3n) is 2.56. The van der Waals surface area contributed by atoms with Gasteiger partial charge in [0.15, 0.2) is 0 Å². The summed E-state index contributed by atoms with van der Waals surface area (Å²) >= 11 is 0. The average Bonchev–Trinajstić information content (AvgIpc) is 2.33. The van der Waals surface area contributed by atoms with Crippen molar-refractivity contribution in [3.05, 3.63) is 11.1 Å². The predicted molar refractivity (Wildman–Crippen MR) is 44.2 cm³/mol. The van der Waals surface area contributed by atoms with Gasteiger partial charge in [-0.25, -0.2) is 0 Å². The topological polar surface area (TPSA) is 40.5 Å². The highest BCUT2D eigenvalue weighted by atomic mass is 16.3. The Kier molecular flexibility index (Phi) is 3.09. The maximum absolute atomic E-state index is 8.99. The lowest BCUT2D eigenvalue weighted by Crippen LogP contribution is -2.05. The van der Waals surface area contributed by atoms with Crippen LogP contribution in [-0.2, 0) is 0 Å². The molecule has 0 unspecified atom stereocenters. The van der Waals surface area contributed by atoms with Gasteiger partial charge >= 0.3 is 0 Å². The first-order chi connectivity index (χ1) is 5.29. The van der Waals surface area contributed by atoms with Crippen LogP contribution in [0.4, 0.5) is 0 Å². The van der Waals surface area contributed by atoms with Gasteiger partial charge in [0.1, 0.15) is 0 Å². The van der Waals surface area contributed by atoms with E-state index < -0.39 is 0 Å². The van der Waals surface area contributed by atoms with E-state index in [4.69, 9.17) is 10.2 Å². The normalized spacial score (nSPS) is 24.8. The van der Waals surface area contributed by atoms with Crippen molar-refractivity contribution in [2.75, 3.05) is 13.2 Å². The second-order valence-electron chi connectivity index (χ2n) is 3.21. The van der Waals surface area contributed by atoms with Crippen molar-refractivity contribution in [3.63, 3.8) is 0 Å². The highest BCUT2D eigenvalue weighted by Gasteiger charge is 2.21. The van der Waals surface area contributed by atoms with Gasteiger partial charge in [-0.05, 0) is 37.7 Å². The Morgan fingerprint density at radius 2 is 2.18 bits per heavy atom. The minimum Gasteiger partial charge on any atom is -0.396 e. The Bertz CT molecular complexity index is 161. The number of allylic oxidation sites excluding steroid dienone is 1. The molecule has 0 saturated carbocycles. The van der Waals surface area contributed by atoms with Crippen LogP contribution in [0.1, 0.15) is 26.2 Å². The molecule has 1 atom stereocenters. The van der Waals surface area contributed by atoms with Crippen molar-refractivity contribution in [2.45, 2.75) is 26.2 Å². The molecule has 0 fully saturated rings. The molecule has 0 saturated heterocycles. The Balaban J connectivity index is 2.56. The number of hydrogen-bond donors (Lipinski definition) is 2. The van der Waals surface area contributed by atoms with Crippen LogP contribution in [0.3, 0.4) is 0 Å². The van der Waals surface area contributed by atoms with E-state index in [1.165, 1.54) is 11.1 Å². The third-order valence-corrected chi connectivity index (χ3v) is 2.56. The molecule has 0 amide bonds. The molecule has 1 aliphatic carbocycles. The van der Waals surface area contributed by atoms with Gasteiger partial charge in [0.05, 0.1) is 6.61 Å². The van der Waals surface area contributed by atoms with E-state index in [-0.39, 0.29) is 13.2 Å². The van der Waals surface area contributed by atoms with Crippen LogP contribution in [0.2, 0.25) is 0 Å². The standard InChI is InChI=1S/C9H16O2/c1-7-2-3-8(4-5-10)9(7)6-11/h8,10-11H,2-6H2,1H3/t8-/m1/s1. The Morgan fingerprint density at radius 3 is 2.73 bits per heavy atom. The molecule has 2 heteroatoms. The van der Waals surface area contributed by atoms with E-state index in [1.54, 1.807) is 0 Å². The monoisotopic (exact) mass is 156 g/mol. The first-order valence-corrected chi connectivity index (χ1v) is 4.19. The fourth-order valence-electron chi connectivity index (χ4n) is 1.81. The van der Waals surface area contributed by atoms with Gasteiger partial charge in [0, 0.05) is 6.61 Å². The van der Waals surface area contributed by atoms with Gasteiger partial charge in [0.25, 0.3) is 0 Å².